The van der Waals surface area contributed by atoms with Crippen LogP contribution in [0.5, 0.6) is 11.5 Å². The Hall–Kier alpha value is -3.84. The summed E-state index contributed by atoms with van der Waals surface area (Å²) in [7, 11) is 3.23. The fraction of sp³-hybridized carbons (Fsp3) is 0.125. The first kappa shape index (κ1) is 21.4. The van der Waals surface area contributed by atoms with Crippen LogP contribution in [0.25, 0.3) is 11.4 Å². The normalized spacial score (nSPS) is 10.6. The molecular weight excluding hydrogens is 428 g/mol. The summed E-state index contributed by atoms with van der Waals surface area (Å²) in [6, 6.07) is 21.7. The number of nitrogens with one attached hydrogen (secondary N) is 1. The van der Waals surface area contributed by atoms with Gasteiger partial charge in [0.15, 0.2) is 5.82 Å². The summed E-state index contributed by atoms with van der Waals surface area (Å²) in [6.45, 7) is 0.452. The van der Waals surface area contributed by atoms with Crippen molar-refractivity contribution in [3.63, 3.8) is 0 Å². The lowest BCUT2D eigenvalue weighted by Gasteiger charge is -2.08. The lowest BCUT2D eigenvalue weighted by molar-refractivity contribution is 0.0947. The van der Waals surface area contributed by atoms with Gasteiger partial charge in [0.1, 0.15) is 11.5 Å². The van der Waals surface area contributed by atoms with Crippen molar-refractivity contribution >= 4 is 23.5 Å². The molecule has 32 heavy (non-hydrogen) atoms. The number of rotatable bonds is 7. The predicted molar refractivity (Wildman–Crippen MR) is 124 cm³/mol. The zero-order valence-electron chi connectivity index (χ0n) is 17.6. The second kappa shape index (κ2) is 9.53. The minimum Gasteiger partial charge on any atom is -0.497 e. The van der Waals surface area contributed by atoms with Crippen LogP contribution in [0.1, 0.15) is 15.9 Å². The smallest absolute Gasteiger partial charge is 0.281 e. The second-order valence-corrected chi connectivity index (χ2v) is 7.35. The maximum absolute atomic E-state index is 13.2. The number of ether oxygens (including phenoxy) is 2. The summed E-state index contributed by atoms with van der Waals surface area (Å²) >= 11 is 6.08. The van der Waals surface area contributed by atoms with Crippen molar-refractivity contribution in [1.29, 1.82) is 0 Å². The molecule has 0 bridgehead atoms. The van der Waals surface area contributed by atoms with E-state index in [0.717, 1.165) is 22.6 Å². The largest absolute Gasteiger partial charge is 0.497 e. The Bertz CT molecular complexity index is 1220. The van der Waals surface area contributed by atoms with Gasteiger partial charge in [-0.05, 0) is 60.2 Å². The van der Waals surface area contributed by atoms with Gasteiger partial charge in [0.05, 0.1) is 14.2 Å². The predicted octanol–water partition coefficient (Wildman–Crippen LogP) is 4.92. The van der Waals surface area contributed by atoms with E-state index in [4.69, 9.17) is 21.1 Å². The fourth-order valence-electron chi connectivity index (χ4n) is 3.10. The average Bonchev–Trinajstić information content (AvgIpc) is 3.27. The van der Waals surface area contributed by atoms with Gasteiger partial charge in [0.25, 0.3) is 5.91 Å². The van der Waals surface area contributed by atoms with E-state index in [2.05, 4.69) is 15.4 Å². The molecule has 0 aliphatic carbocycles. The van der Waals surface area contributed by atoms with Gasteiger partial charge in [0.2, 0.25) is 5.95 Å². The minimum absolute atomic E-state index is 0.330. The van der Waals surface area contributed by atoms with Crippen molar-refractivity contribution in [2.24, 2.45) is 0 Å². The van der Waals surface area contributed by atoms with E-state index >= 15 is 0 Å². The number of aromatic nitrogens is 3. The van der Waals surface area contributed by atoms with Crippen LogP contribution in [0.15, 0.2) is 72.8 Å². The first-order valence-electron chi connectivity index (χ1n) is 9.86. The van der Waals surface area contributed by atoms with Crippen molar-refractivity contribution < 1.29 is 14.3 Å². The number of carbonyl (C=O) groups is 1. The third-order valence-electron chi connectivity index (χ3n) is 4.83. The molecule has 3 aromatic carbocycles. The van der Waals surface area contributed by atoms with Gasteiger partial charge >= 0.3 is 0 Å². The lowest BCUT2D eigenvalue weighted by Crippen LogP contribution is -2.17. The molecule has 0 saturated carbocycles. The van der Waals surface area contributed by atoms with Crippen LogP contribution in [-0.4, -0.2) is 34.9 Å². The van der Waals surface area contributed by atoms with Gasteiger partial charge < -0.3 is 14.8 Å². The number of hydrogen-bond donors (Lipinski definition) is 1. The number of nitrogens with zero attached hydrogens (tertiary/aromatic N) is 3. The van der Waals surface area contributed by atoms with Crippen molar-refractivity contribution in [1.82, 2.24) is 14.8 Å². The second-order valence-electron chi connectivity index (χ2n) is 6.92. The van der Waals surface area contributed by atoms with Gasteiger partial charge in [-0.15, -0.1) is 5.10 Å². The minimum atomic E-state index is -0.336. The molecule has 1 heterocycles. The van der Waals surface area contributed by atoms with Crippen LogP contribution in [0.4, 0.5) is 5.95 Å². The van der Waals surface area contributed by atoms with Crippen molar-refractivity contribution in [2.45, 2.75) is 6.54 Å². The number of carbonyl (C=O) groups excluding carboxylic acids is 1. The highest BCUT2D eigenvalue weighted by molar-refractivity contribution is 6.31. The van der Waals surface area contributed by atoms with Gasteiger partial charge in [0, 0.05) is 22.7 Å². The Kier molecular flexibility index (Phi) is 6.37. The maximum atomic E-state index is 13.2. The molecule has 4 aromatic rings. The van der Waals surface area contributed by atoms with E-state index in [-0.39, 0.29) is 5.91 Å². The third kappa shape index (κ3) is 4.73. The summed E-state index contributed by atoms with van der Waals surface area (Å²) in [5.41, 5.74) is 2.17. The Balaban J connectivity index is 1.66. The van der Waals surface area contributed by atoms with Gasteiger partial charge in [-0.3, -0.25) is 4.79 Å². The first-order chi connectivity index (χ1) is 15.6. The molecule has 0 unspecified atom stereocenters. The lowest BCUT2D eigenvalue weighted by atomic mass is 10.2. The number of benzene rings is 3. The van der Waals surface area contributed by atoms with Gasteiger partial charge in [-0.1, -0.05) is 29.8 Å². The van der Waals surface area contributed by atoms with Crippen LogP contribution in [0, 0.1) is 0 Å². The molecule has 0 aliphatic rings. The molecule has 0 atom stereocenters. The van der Waals surface area contributed by atoms with E-state index in [1.54, 1.807) is 38.5 Å². The molecule has 1 N–H and O–H groups in total. The molecule has 0 amide bonds. The third-order valence-corrected chi connectivity index (χ3v) is 5.06. The molecule has 0 radical (unpaired) electrons. The number of anilines is 1. The topological polar surface area (TPSA) is 78.3 Å². The highest BCUT2D eigenvalue weighted by Gasteiger charge is 2.19. The Morgan fingerprint density at radius 1 is 0.969 bits per heavy atom. The van der Waals surface area contributed by atoms with Gasteiger partial charge in [-0.25, -0.2) is 0 Å². The standard InChI is InChI=1S/C24H21ClN4O3/c1-31-20-10-6-16(7-11-20)15-26-24-27-22(17-8-12-21(32-2)13-9-17)28-29(24)23(30)18-4-3-5-19(25)14-18/h3-14H,15H2,1-2H3,(H,26,27,28). The quantitative estimate of drug-likeness (QED) is 0.432. The van der Waals surface area contributed by atoms with Crippen LogP contribution < -0.4 is 14.8 Å². The fourth-order valence-corrected chi connectivity index (χ4v) is 3.29. The van der Waals surface area contributed by atoms with E-state index in [0.29, 0.717) is 28.9 Å². The van der Waals surface area contributed by atoms with Crippen LogP contribution >= 0.6 is 11.6 Å². The molecule has 1 aromatic heterocycles. The number of hydrogen-bond acceptors (Lipinski definition) is 6. The molecule has 0 spiro atoms. The Morgan fingerprint density at radius 2 is 1.62 bits per heavy atom. The zero-order valence-corrected chi connectivity index (χ0v) is 18.3. The molecule has 162 valence electrons. The van der Waals surface area contributed by atoms with Crippen molar-refractivity contribution in [2.75, 3.05) is 19.5 Å². The first-order valence-corrected chi connectivity index (χ1v) is 10.2. The summed E-state index contributed by atoms with van der Waals surface area (Å²) < 4.78 is 11.7. The van der Waals surface area contributed by atoms with E-state index in [1.165, 1.54) is 4.68 Å². The van der Waals surface area contributed by atoms with E-state index in [1.807, 2.05) is 48.5 Å². The number of methoxy groups -OCH3 is 2. The average molecular weight is 449 g/mol. The van der Waals surface area contributed by atoms with Crippen LogP contribution in [-0.2, 0) is 6.54 Å². The van der Waals surface area contributed by atoms with Crippen LogP contribution in [0.2, 0.25) is 5.02 Å². The molecule has 8 heteroatoms. The Labute approximate surface area is 190 Å². The SMILES string of the molecule is COc1ccc(CNc2nc(-c3ccc(OC)cc3)nn2C(=O)c2cccc(Cl)c2)cc1. The molecule has 7 nitrogen and oxygen atoms in total. The summed E-state index contributed by atoms with van der Waals surface area (Å²) in [5, 5.41) is 8.16. The molecule has 4 rings (SSSR count). The summed E-state index contributed by atoms with van der Waals surface area (Å²) in [4.78, 5) is 17.8. The molecule has 0 fully saturated rings. The zero-order chi connectivity index (χ0) is 22.5. The van der Waals surface area contributed by atoms with E-state index < -0.39 is 0 Å². The van der Waals surface area contributed by atoms with E-state index in [9.17, 15) is 4.79 Å². The van der Waals surface area contributed by atoms with Crippen LogP contribution in [0.3, 0.4) is 0 Å². The maximum Gasteiger partial charge on any atom is 0.281 e. The highest BCUT2D eigenvalue weighted by atomic mass is 35.5. The molecule has 0 saturated heterocycles. The monoisotopic (exact) mass is 448 g/mol. The number of halogens is 1. The summed E-state index contributed by atoms with van der Waals surface area (Å²) in [6.07, 6.45) is 0. The molecule has 0 aliphatic heterocycles. The molecular formula is C24H21ClN4O3. The Morgan fingerprint density at radius 3 is 2.25 bits per heavy atom. The highest BCUT2D eigenvalue weighted by Crippen LogP contribution is 2.23. The van der Waals surface area contributed by atoms with Crippen molar-refractivity contribution in [3.05, 3.63) is 88.9 Å². The van der Waals surface area contributed by atoms with Gasteiger partial charge in [-0.2, -0.15) is 9.67 Å². The summed E-state index contributed by atoms with van der Waals surface area (Å²) in [5.74, 6) is 1.91. The van der Waals surface area contributed by atoms with Crippen molar-refractivity contribution in [3.8, 4) is 22.9 Å².